The van der Waals surface area contributed by atoms with Crippen LogP contribution in [-0.4, -0.2) is 28.8 Å². The molecule has 5 nitrogen and oxygen atoms in total. The van der Waals surface area contributed by atoms with Gasteiger partial charge in [0.05, 0.1) is 0 Å². The fraction of sp³-hybridized carbons (Fsp3) is 0.500. The van der Waals surface area contributed by atoms with E-state index >= 15 is 0 Å². The van der Waals surface area contributed by atoms with Crippen LogP contribution in [0, 0.1) is 0 Å². The average Bonchev–Trinajstić information content (AvgIpc) is 2.36. The summed E-state index contributed by atoms with van der Waals surface area (Å²) in [5, 5.41) is 11.6. The number of amides is 1. The Morgan fingerprint density at radius 2 is 1.71 bits per heavy atom. The summed E-state index contributed by atoms with van der Waals surface area (Å²) < 4.78 is 5.08. The molecule has 0 aliphatic carbocycles. The number of aliphatic carboxylic acids is 1. The maximum absolute atomic E-state index is 11.7. The van der Waals surface area contributed by atoms with Crippen LogP contribution >= 0.6 is 0 Å². The first-order valence-corrected chi connectivity index (χ1v) is 7.01. The molecule has 0 spiro atoms. The number of alkyl carbamates (subject to hydrolysis) is 1. The Morgan fingerprint density at radius 3 is 2.14 bits per heavy atom. The van der Waals surface area contributed by atoms with Gasteiger partial charge in [0.1, 0.15) is 11.6 Å². The van der Waals surface area contributed by atoms with Gasteiger partial charge in [-0.05, 0) is 38.3 Å². The van der Waals surface area contributed by atoms with Crippen molar-refractivity contribution in [3.05, 3.63) is 35.4 Å². The van der Waals surface area contributed by atoms with Crippen molar-refractivity contribution in [2.24, 2.45) is 0 Å². The van der Waals surface area contributed by atoms with Gasteiger partial charge in [-0.3, -0.25) is 0 Å². The molecular formula is C16H23NO4. The summed E-state index contributed by atoms with van der Waals surface area (Å²) in [5.41, 5.74) is 1.39. The lowest BCUT2D eigenvalue weighted by Gasteiger charge is -2.22. The number of carbonyl (C=O) groups is 2. The molecule has 0 aliphatic rings. The highest BCUT2D eigenvalue weighted by atomic mass is 16.6. The summed E-state index contributed by atoms with van der Waals surface area (Å²) in [5.74, 6) is -1.08. The van der Waals surface area contributed by atoms with E-state index in [1.807, 2.05) is 24.3 Å². The second-order valence-electron chi connectivity index (χ2n) is 5.91. The zero-order valence-electron chi connectivity index (χ0n) is 13.0. The highest BCUT2D eigenvalue weighted by molar-refractivity contribution is 5.80. The summed E-state index contributed by atoms with van der Waals surface area (Å²) in [6.45, 7) is 7.24. The maximum Gasteiger partial charge on any atom is 0.408 e. The average molecular weight is 293 g/mol. The third kappa shape index (κ3) is 6.29. The van der Waals surface area contributed by atoms with Crippen molar-refractivity contribution < 1.29 is 19.4 Å². The summed E-state index contributed by atoms with van der Waals surface area (Å²) in [7, 11) is 0. The van der Waals surface area contributed by atoms with Gasteiger partial charge in [0.15, 0.2) is 0 Å². The van der Waals surface area contributed by atoms with Gasteiger partial charge in [0.2, 0.25) is 0 Å². The minimum atomic E-state index is -1.08. The number of carbonyl (C=O) groups excluding carboxylic acids is 1. The largest absolute Gasteiger partial charge is 0.480 e. The number of hydrogen-bond acceptors (Lipinski definition) is 3. The Bertz CT molecular complexity index is 488. The molecule has 116 valence electrons. The van der Waals surface area contributed by atoms with Crippen LogP contribution in [0.15, 0.2) is 24.3 Å². The normalized spacial score (nSPS) is 12.6. The van der Waals surface area contributed by atoms with Gasteiger partial charge in [-0.15, -0.1) is 0 Å². The first-order chi connectivity index (χ1) is 9.71. The van der Waals surface area contributed by atoms with Crippen LogP contribution in [-0.2, 0) is 22.4 Å². The van der Waals surface area contributed by atoms with Crippen molar-refractivity contribution in [3.8, 4) is 0 Å². The monoisotopic (exact) mass is 293 g/mol. The van der Waals surface area contributed by atoms with Crippen LogP contribution in [0.3, 0.4) is 0 Å². The number of carboxylic acid groups (broad SMARTS) is 1. The van der Waals surface area contributed by atoms with Gasteiger partial charge in [-0.1, -0.05) is 31.2 Å². The van der Waals surface area contributed by atoms with E-state index < -0.39 is 23.7 Å². The van der Waals surface area contributed by atoms with Crippen LogP contribution in [0.1, 0.15) is 38.8 Å². The number of benzene rings is 1. The number of hydrogen-bond donors (Lipinski definition) is 2. The molecule has 1 amide bonds. The molecule has 0 saturated heterocycles. The number of nitrogens with one attached hydrogen (secondary N) is 1. The Balaban J connectivity index is 2.69. The van der Waals surface area contributed by atoms with Crippen LogP contribution in [0.4, 0.5) is 4.79 Å². The van der Waals surface area contributed by atoms with Gasteiger partial charge < -0.3 is 15.2 Å². The van der Waals surface area contributed by atoms with Gasteiger partial charge >= 0.3 is 12.1 Å². The molecule has 0 unspecified atom stereocenters. The van der Waals surface area contributed by atoms with E-state index in [0.29, 0.717) is 0 Å². The summed E-state index contributed by atoms with van der Waals surface area (Å²) >= 11 is 0. The standard InChI is InChI=1S/C16H23NO4/c1-5-11-6-8-12(9-7-11)10-13(14(18)19)17-15(20)21-16(2,3)4/h6-9,13H,5,10H2,1-4H3,(H,17,20)(H,18,19)/t13-/m0/s1. The van der Waals surface area contributed by atoms with Crippen LogP contribution in [0.5, 0.6) is 0 Å². The van der Waals surface area contributed by atoms with Crippen LogP contribution in [0.2, 0.25) is 0 Å². The first kappa shape index (κ1) is 17.0. The third-order valence-electron chi connectivity index (χ3n) is 2.86. The number of aryl methyl sites for hydroxylation is 1. The summed E-state index contributed by atoms with van der Waals surface area (Å²) in [6.07, 6.45) is 0.428. The molecule has 0 fully saturated rings. The molecule has 0 heterocycles. The lowest BCUT2D eigenvalue weighted by atomic mass is 10.0. The molecule has 0 aliphatic heterocycles. The van der Waals surface area contributed by atoms with Gasteiger partial charge in [0, 0.05) is 6.42 Å². The zero-order valence-corrected chi connectivity index (χ0v) is 13.0. The molecule has 21 heavy (non-hydrogen) atoms. The minimum Gasteiger partial charge on any atom is -0.480 e. The first-order valence-electron chi connectivity index (χ1n) is 7.01. The van der Waals surface area contributed by atoms with Crippen molar-refractivity contribution in [1.29, 1.82) is 0 Å². The lowest BCUT2D eigenvalue weighted by molar-refractivity contribution is -0.139. The number of ether oxygens (including phenoxy) is 1. The molecule has 1 atom stereocenters. The van der Waals surface area contributed by atoms with Gasteiger partial charge in [-0.25, -0.2) is 9.59 Å². The molecular weight excluding hydrogens is 270 g/mol. The van der Waals surface area contributed by atoms with Gasteiger partial charge in [-0.2, -0.15) is 0 Å². The minimum absolute atomic E-state index is 0.221. The lowest BCUT2D eigenvalue weighted by Crippen LogP contribution is -2.44. The predicted molar refractivity (Wildman–Crippen MR) is 80.3 cm³/mol. The van der Waals surface area contributed by atoms with E-state index in [0.717, 1.165) is 12.0 Å². The Hall–Kier alpha value is -2.04. The zero-order chi connectivity index (χ0) is 16.0. The Labute approximate surface area is 125 Å². The highest BCUT2D eigenvalue weighted by Gasteiger charge is 2.24. The van der Waals surface area contributed by atoms with E-state index in [1.165, 1.54) is 5.56 Å². The van der Waals surface area contributed by atoms with E-state index in [2.05, 4.69) is 12.2 Å². The predicted octanol–water partition coefficient (Wildman–Crippen LogP) is 2.77. The molecule has 2 N–H and O–H groups in total. The van der Waals surface area contributed by atoms with E-state index in [1.54, 1.807) is 20.8 Å². The van der Waals surface area contributed by atoms with E-state index in [4.69, 9.17) is 4.74 Å². The smallest absolute Gasteiger partial charge is 0.408 e. The number of rotatable bonds is 5. The summed E-state index contributed by atoms with van der Waals surface area (Å²) in [4.78, 5) is 22.9. The number of carboxylic acids is 1. The van der Waals surface area contributed by atoms with E-state index in [-0.39, 0.29) is 6.42 Å². The van der Waals surface area contributed by atoms with Crippen molar-refractivity contribution in [1.82, 2.24) is 5.32 Å². The van der Waals surface area contributed by atoms with Crippen molar-refractivity contribution in [2.75, 3.05) is 0 Å². The second-order valence-corrected chi connectivity index (χ2v) is 5.91. The topological polar surface area (TPSA) is 75.6 Å². The van der Waals surface area contributed by atoms with Crippen molar-refractivity contribution >= 4 is 12.1 Å². The second kappa shape index (κ2) is 7.11. The van der Waals surface area contributed by atoms with E-state index in [9.17, 15) is 14.7 Å². The van der Waals surface area contributed by atoms with Gasteiger partial charge in [0.25, 0.3) is 0 Å². The van der Waals surface area contributed by atoms with Crippen LogP contribution in [0.25, 0.3) is 0 Å². The van der Waals surface area contributed by atoms with Crippen LogP contribution < -0.4 is 5.32 Å². The molecule has 1 aromatic carbocycles. The summed E-state index contributed by atoms with van der Waals surface area (Å²) in [6, 6.07) is 6.67. The van der Waals surface area contributed by atoms with Crippen molar-refractivity contribution in [2.45, 2.75) is 52.2 Å². The maximum atomic E-state index is 11.7. The molecule has 1 rings (SSSR count). The fourth-order valence-electron chi connectivity index (χ4n) is 1.80. The molecule has 0 saturated carbocycles. The molecule has 1 aromatic rings. The fourth-order valence-corrected chi connectivity index (χ4v) is 1.80. The quantitative estimate of drug-likeness (QED) is 0.875. The Morgan fingerprint density at radius 1 is 1.19 bits per heavy atom. The SMILES string of the molecule is CCc1ccc(C[C@H](NC(=O)OC(C)(C)C)C(=O)O)cc1. The Kier molecular flexibility index (Phi) is 5.76. The van der Waals surface area contributed by atoms with Crippen molar-refractivity contribution in [3.63, 3.8) is 0 Å². The highest BCUT2D eigenvalue weighted by Crippen LogP contribution is 2.10. The molecule has 0 radical (unpaired) electrons. The third-order valence-corrected chi connectivity index (χ3v) is 2.86. The molecule has 0 bridgehead atoms. The molecule has 5 heteroatoms. The molecule has 0 aromatic heterocycles.